The molecule has 9 heavy (non-hydrogen) atoms. The summed E-state index contributed by atoms with van der Waals surface area (Å²) in [7, 11) is 0. The van der Waals surface area contributed by atoms with Crippen molar-refractivity contribution in [2.75, 3.05) is 0 Å². The molecule has 0 saturated carbocycles. The highest BCUT2D eigenvalue weighted by Crippen LogP contribution is 2.05. The Morgan fingerprint density at radius 2 is 1.56 bits per heavy atom. The molecule has 1 heterocycles. The van der Waals surface area contributed by atoms with Gasteiger partial charge in [-0.05, 0) is 12.8 Å². The summed E-state index contributed by atoms with van der Waals surface area (Å²) in [6.45, 7) is 4.21. The Kier molecular flexibility index (Phi) is 2.16. The van der Waals surface area contributed by atoms with Gasteiger partial charge in [0.2, 0.25) is 0 Å². The first-order chi connectivity index (χ1) is 4.38. The fourth-order valence-electron chi connectivity index (χ4n) is 0.762. The maximum atomic E-state index is 4.14. The zero-order chi connectivity index (χ0) is 6.69. The fourth-order valence-corrected chi connectivity index (χ4v) is 1.47. The lowest BCUT2D eigenvalue weighted by molar-refractivity contribution is 0.979. The molecule has 50 valence electrons. The van der Waals surface area contributed by atoms with E-state index in [1.165, 1.54) is 23.1 Å². The Labute approximate surface area is 59.3 Å². The van der Waals surface area contributed by atoms with Gasteiger partial charge in [0.1, 0.15) is 0 Å². The van der Waals surface area contributed by atoms with Crippen LogP contribution in [0, 0.1) is 0 Å². The van der Waals surface area contributed by atoms with Crippen LogP contribution in [-0.4, -0.2) is 8.75 Å². The lowest BCUT2D eigenvalue weighted by Gasteiger charge is -1.88. The Bertz CT molecular complexity index is 164. The van der Waals surface area contributed by atoms with Crippen LogP contribution in [0.4, 0.5) is 0 Å². The quantitative estimate of drug-likeness (QED) is 0.627. The predicted molar refractivity (Wildman–Crippen MR) is 38.7 cm³/mol. The Morgan fingerprint density at radius 1 is 1.11 bits per heavy atom. The number of rotatable bonds is 2. The summed E-state index contributed by atoms with van der Waals surface area (Å²) >= 11 is 1.32. The fraction of sp³-hybridized carbons (Fsp3) is 0.667. The van der Waals surface area contributed by atoms with Gasteiger partial charge in [-0.1, -0.05) is 13.8 Å². The molecule has 0 aliphatic rings. The first kappa shape index (κ1) is 6.68. The molecule has 1 rings (SSSR count). The molecule has 0 radical (unpaired) electrons. The van der Waals surface area contributed by atoms with Crippen LogP contribution in [0.3, 0.4) is 0 Å². The van der Waals surface area contributed by atoms with Crippen LogP contribution < -0.4 is 0 Å². The number of aryl methyl sites for hydroxylation is 2. The molecule has 2 nitrogen and oxygen atoms in total. The van der Waals surface area contributed by atoms with Crippen LogP contribution in [-0.2, 0) is 12.8 Å². The smallest absolute Gasteiger partial charge is 0.0772 e. The van der Waals surface area contributed by atoms with Gasteiger partial charge in [0.25, 0.3) is 0 Å². The molecular weight excluding hydrogens is 132 g/mol. The standard InChI is InChI=1S/C6H10N2S/c1-3-5-6(4-2)8-9-7-5/h3-4H2,1-2H3. The van der Waals surface area contributed by atoms with E-state index < -0.39 is 0 Å². The van der Waals surface area contributed by atoms with Crippen LogP contribution in [0.1, 0.15) is 25.2 Å². The van der Waals surface area contributed by atoms with Crippen LogP contribution in [0.2, 0.25) is 0 Å². The molecule has 3 heteroatoms. The first-order valence-electron chi connectivity index (χ1n) is 3.18. The van der Waals surface area contributed by atoms with Gasteiger partial charge >= 0.3 is 0 Å². The molecule has 0 atom stereocenters. The topological polar surface area (TPSA) is 25.8 Å². The Hall–Kier alpha value is -0.440. The van der Waals surface area contributed by atoms with Gasteiger partial charge in [0.15, 0.2) is 0 Å². The minimum Gasteiger partial charge on any atom is -0.178 e. The van der Waals surface area contributed by atoms with Crippen molar-refractivity contribution in [1.29, 1.82) is 0 Å². The Morgan fingerprint density at radius 3 is 1.89 bits per heavy atom. The summed E-state index contributed by atoms with van der Waals surface area (Å²) in [5.41, 5.74) is 2.34. The number of nitrogens with zero attached hydrogens (tertiary/aromatic N) is 2. The van der Waals surface area contributed by atoms with E-state index in [1.54, 1.807) is 0 Å². The maximum Gasteiger partial charge on any atom is 0.0772 e. The van der Waals surface area contributed by atoms with Crippen LogP contribution in [0.25, 0.3) is 0 Å². The minimum absolute atomic E-state index is 1.01. The third kappa shape index (κ3) is 1.27. The van der Waals surface area contributed by atoms with Crippen LogP contribution in [0.15, 0.2) is 0 Å². The second kappa shape index (κ2) is 2.92. The third-order valence-corrected chi connectivity index (χ3v) is 1.91. The van der Waals surface area contributed by atoms with Crippen LogP contribution in [0.5, 0.6) is 0 Å². The molecule has 0 N–H and O–H groups in total. The summed E-state index contributed by atoms with van der Waals surface area (Å²) < 4.78 is 8.27. The minimum atomic E-state index is 1.01. The molecule has 1 aromatic heterocycles. The van der Waals surface area contributed by atoms with Crippen molar-refractivity contribution < 1.29 is 0 Å². The Balaban J connectivity index is 2.85. The molecule has 0 unspecified atom stereocenters. The van der Waals surface area contributed by atoms with E-state index in [-0.39, 0.29) is 0 Å². The summed E-state index contributed by atoms with van der Waals surface area (Å²) in [4.78, 5) is 0. The molecule has 0 fully saturated rings. The molecule has 0 bridgehead atoms. The van der Waals surface area contributed by atoms with Gasteiger partial charge in [-0.2, -0.15) is 8.75 Å². The average molecular weight is 142 g/mol. The molecule has 0 aromatic carbocycles. The van der Waals surface area contributed by atoms with Crippen molar-refractivity contribution in [3.05, 3.63) is 11.4 Å². The van der Waals surface area contributed by atoms with Gasteiger partial charge in [-0.25, -0.2) is 0 Å². The zero-order valence-electron chi connectivity index (χ0n) is 5.72. The first-order valence-corrected chi connectivity index (χ1v) is 3.91. The van der Waals surface area contributed by atoms with Crippen molar-refractivity contribution in [1.82, 2.24) is 8.75 Å². The van der Waals surface area contributed by atoms with E-state index in [0.29, 0.717) is 0 Å². The molecule has 0 aliphatic heterocycles. The third-order valence-electron chi connectivity index (χ3n) is 1.30. The van der Waals surface area contributed by atoms with Gasteiger partial charge in [0, 0.05) is 0 Å². The summed E-state index contributed by atoms with van der Waals surface area (Å²) in [6, 6.07) is 0. The van der Waals surface area contributed by atoms with Gasteiger partial charge in [-0.3, -0.25) is 0 Å². The van der Waals surface area contributed by atoms with Crippen LogP contribution >= 0.6 is 11.7 Å². The SMILES string of the molecule is CCc1nsnc1CC. The molecular formula is C6H10N2S. The zero-order valence-corrected chi connectivity index (χ0v) is 6.53. The van der Waals surface area contributed by atoms with Crippen molar-refractivity contribution >= 4 is 11.7 Å². The molecule has 0 aliphatic carbocycles. The second-order valence-electron chi connectivity index (χ2n) is 1.86. The van der Waals surface area contributed by atoms with E-state index >= 15 is 0 Å². The summed E-state index contributed by atoms with van der Waals surface area (Å²) in [5.74, 6) is 0. The lowest BCUT2D eigenvalue weighted by atomic mass is 10.2. The van der Waals surface area contributed by atoms with Crippen molar-refractivity contribution in [2.45, 2.75) is 26.7 Å². The number of aromatic nitrogens is 2. The highest BCUT2D eigenvalue weighted by Gasteiger charge is 2.00. The largest absolute Gasteiger partial charge is 0.178 e. The average Bonchev–Trinajstić information content (AvgIpc) is 2.33. The number of hydrogen-bond acceptors (Lipinski definition) is 3. The van der Waals surface area contributed by atoms with E-state index in [1.807, 2.05) is 0 Å². The van der Waals surface area contributed by atoms with Gasteiger partial charge < -0.3 is 0 Å². The van der Waals surface area contributed by atoms with Crippen molar-refractivity contribution in [3.8, 4) is 0 Å². The molecule has 1 aromatic rings. The number of hydrogen-bond donors (Lipinski definition) is 0. The van der Waals surface area contributed by atoms with Gasteiger partial charge in [-0.15, -0.1) is 0 Å². The van der Waals surface area contributed by atoms with E-state index in [2.05, 4.69) is 22.6 Å². The summed E-state index contributed by atoms with van der Waals surface area (Å²) in [5, 5.41) is 0. The second-order valence-corrected chi connectivity index (χ2v) is 2.39. The van der Waals surface area contributed by atoms with Crippen molar-refractivity contribution in [2.24, 2.45) is 0 Å². The van der Waals surface area contributed by atoms with E-state index in [9.17, 15) is 0 Å². The predicted octanol–water partition coefficient (Wildman–Crippen LogP) is 1.66. The van der Waals surface area contributed by atoms with E-state index in [4.69, 9.17) is 0 Å². The van der Waals surface area contributed by atoms with Crippen molar-refractivity contribution in [3.63, 3.8) is 0 Å². The normalized spacial score (nSPS) is 10.0. The molecule has 0 spiro atoms. The molecule has 0 saturated heterocycles. The van der Waals surface area contributed by atoms with E-state index in [0.717, 1.165) is 12.8 Å². The summed E-state index contributed by atoms with van der Waals surface area (Å²) in [6.07, 6.45) is 2.03. The highest BCUT2D eigenvalue weighted by molar-refractivity contribution is 6.99. The molecule has 0 amide bonds. The van der Waals surface area contributed by atoms with Gasteiger partial charge in [0.05, 0.1) is 23.1 Å². The monoisotopic (exact) mass is 142 g/mol. The highest BCUT2D eigenvalue weighted by atomic mass is 32.1. The lowest BCUT2D eigenvalue weighted by Crippen LogP contribution is -1.87. The maximum absolute atomic E-state index is 4.14.